The smallest absolute Gasteiger partial charge is 0.124 e. The van der Waals surface area contributed by atoms with Crippen molar-refractivity contribution in [3.8, 4) is 0 Å². The van der Waals surface area contributed by atoms with E-state index in [1.54, 1.807) is 6.07 Å². The number of methoxy groups -OCH3 is 1. The Morgan fingerprint density at radius 2 is 2.18 bits per heavy atom. The molecule has 0 atom stereocenters. The Hall–Kier alpha value is -0.410. The van der Waals surface area contributed by atoms with Gasteiger partial charge < -0.3 is 4.74 Å². The molecule has 1 nitrogen and oxygen atoms in total. The van der Waals surface area contributed by atoms with Crippen LogP contribution in [0.1, 0.15) is 5.56 Å². The minimum Gasteiger partial charge on any atom is -0.374 e. The summed E-state index contributed by atoms with van der Waals surface area (Å²) in [5.41, 5.74) is 0.708. The Morgan fingerprint density at radius 1 is 1.45 bits per heavy atom. The molecule has 11 heavy (non-hydrogen) atoms. The molecule has 0 unspecified atom stereocenters. The monoisotopic (exact) mass is 217 g/mol. The lowest BCUT2D eigenvalue weighted by atomic mass is 10.2. The number of hydrogen-bond acceptors (Lipinski definition) is 1. The maximum atomic E-state index is 12.6. The molecule has 1 aromatic rings. The predicted octanol–water partition coefficient (Wildman–Crippen LogP) is 2.74. The molecule has 0 aliphatic carbocycles. The zero-order valence-electron chi connectivity index (χ0n) is 5.97. The molecular weight excluding hydrogens is 211 g/mol. The number of hydrogen-bond donors (Lipinski definition) is 0. The first-order valence-corrected chi connectivity index (χ1v) is 3.84. The van der Waals surface area contributed by atoms with Gasteiger partial charge in [-0.2, -0.15) is 0 Å². The van der Waals surface area contributed by atoms with E-state index >= 15 is 0 Å². The second-order valence-electron chi connectivity index (χ2n) is 2.06. The largest absolute Gasteiger partial charge is 0.374 e. The minimum absolute atomic E-state index is 0.275. The van der Waals surface area contributed by atoms with Gasteiger partial charge in [0.1, 0.15) is 12.4 Å². The van der Waals surface area contributed by atoms with Gasteiger partial charge in [-0.3, -0.25) is 0 Å². The van der Waals surface area contributed by atoms with Crippen molar-refractivity contribution in [2.45, 2.75) is 0 Å². The van der Waals surface area contributed by atoms with Gasteiger partial charge in [0, 0.05) is 11.6 Å². The molecule has 1 rings (SSSR count). The summed E-state index contributed by atoms with van der Waals surface area (Å²) in [6.45, 7) is 1.48. The topological polar surface area (TPSA) is 9.23 Å². The van der Waals surface area contributed by atoms with Crippen LogP contribution in [-0.2, 0) is 4.74 Å². The third kappa shape index (κ3) is 2.60. The van der Waals surface area contributed by atoms with Gasteiger partial charge in [0.2, 0.25) is 0 Å². The molecule has 0 aliphatic rings. The molecular formula is C8H7BrFO. The van der Waals surface area contributed by atoms with Crippen molar-refractivity contribution >= 4 is 15.9 Å². The molecule has 0 heterocycles. The van der Waals surface area contributed by atoms with E-state index in [0.717, 1.165) is 0 Å². The van der Waals surface area contributed by atoms with Crippen LogP contribution in [0.15, 0.2) is 22.7 Å². The number of rotatable bonds is 2. The number of halogens is 2. The average Bonchev–Trinajstić information content (AvgIpc) is 1.85. The SMILES string of the molecule is CO[CH]c1cc(F)cc(Br)c1. The fourth-order valence-corrected chi connectivity index (χ4v) is 1.26. The molecule has 3 heteroatoms. The van der Waals surface area contributed by atoms with Crippen LogP contribution in [0.25, 0.3) is 0 Å². The Kier molecular flexibility index (Phi) is 3.02. The summed E-state index contributed by atoms with van der Waals surface area (Å²) in [6.07, 6.45) is 0. The summed E-state index contributed by atoms with van der Waals surface area (Å²) in [7, 11) is 1.53. The molecule has 0 saturated carbocycles. The highest BCUT2D eigenvalue weighted by molar-refractivity contribution is 9.10. The Balaban J connectivity index is 2.89. The van der Waals surface area contributed by atoms with Crippen LogP contribution < -0.4 is 0 Å². The summed E-state index contributed by atoms with van der Waals surface area (Å²) < 4.78 is 18.1. The summed E-state index contributed by atoms with van der Waals surface area (Å²) in [4.78, 5) is 0. The van der Waals surface area contributed by atoms with E-state index in [2.05, 4.69) is 15.9 Å². The zero-order chi connectivity index (χ0) is 8.27. The maximum Gasteiger partial charge on any atom is 0.124 e. The molecule has 59 valence electrons. The van der Waals surface area contributed by atoms with Gasteiger partial charge in [0.25, 0.3) is 0 Å². The van der Waals surface area contributed by atoms with E-state index in [9.17, 15) is 4.39 Å². The first-order valence-electron chi connectivity index (χ1n) is 3.04. The quantitative estimate of drug-likeness (QED) is 0.741. The van der Waals surface area contributed by atoms with Gasteiger partial charge in [-0.25, -0.2) is 4.39 Å². The van der Waals surface area contributed by atoms with Crippen molar-refractivity contribution in [3.63, 3.8) is 0 Å². The Labute approximate surface area is 73.3 Å². The lowest BCUT2D eigenvalue weighted by Crippen LogP contribution is -1.85. The maximum absolute atomic E-state index is 12.6. The molecule has 0 bridgehead atoms. The van der Waals surface area contributed by atoms with E-state index < -0.39 is 0 Å². The second-order valence-corrected chi connectivity index (χ2v) is 2.97. The van der Waals surface area contributed by atoms with Crippen LogP contribution in [0.4, 0.5) is 4.39 Å². The highest BCUT2D eigenvalue weighted by atomic mass is 79.9. The predicted molar refractivity (Wildman–Crippen MR) is 44.5 cm³/mol. The third-order valence-corrected chi connectivity index (χ3v) is 1.60. The first kappa shape index (κ1) is 8.68. The van der Waals surface area contributed by atoms with E-state index in [4.69, 9.17) is 4.74 Å². The van der Waals surface area contributed by atoms with Crippen molar-refractivity contribution in [3.05, 3.63) is 40.7 Å². The molecule has 0 saturated heterocycles. The van der Waals surface area contributed by atoms with Crippen molar-refractivity contribution in [1.82, 2.24) is 0 Å². The van der Waals surface area contributed by atoms with Crippen LogP contribution in [0.5, 0.6) is 0 Å². The van der Waals surface area contributed by atoms with Gasteiger partial charge in [-0.15, -0.1) is 0 Å². The lowest BCUT2D eigenvalue weighted by molar-refractivity contribution is 0.292. The van der Waals surface area contributed by atoms with Crippen molar-refractivity contribution in [2.75, 3.05) is 7.11 Å². The van der Waals surface area contributed by atoms with Gasteiger partial charge >= 0.3 is 0 Å². The summed E-state index contributed by atoms with van der Waals surface area (Å²) in [6, 6.07) is 4.56. The minimum atomic E-state index is -0.275. The summed E-state index contributed by atoms with van der Waals surface area (Å²) in [5.74, 6) is -0.275. The Morgan fingerprint density at radius 3 is 2.73 bits per heavy atom. The number of benzene rings is 1. The molecule has 0 N–H and O–H groups in total. The fourth-order valence-electron chi connectivity index (χ4n) is 0.779. The third-order valence-electron chi connectivity index (χ3n) is 1.14. The van der Waals surface area contributed by atoms with E-state index in [1.807, 2.05) is 0 Å². The van der Waals surface area contributed by atoms with Crippen LogP contribution in [-0.4, -0.2) is 7.11 Å². The van der Waals surface area contributed by atoms with E-state index in [-0.39, 0.29) is 5.82 Å². The normalized spacial score (nSPS) is 10.1. The molecule has 0 aromatic heterocycles. The molecule has 0 amide bonds. The second kappa shape index (κ2) is 3.83. The van der Waals surface area contributed by atoms with Crippen LogP contribution in [0.2, 0.25) is 0 Å². The standard InChI is InChI=1S/C8H7BrFO/c1-11-5-6-2-7(9)4-8(10)3-6/h2-5H,1H3. The lowest BCUT2D eigenvalue weighted by Gasteiger charge is -1.99. The molecule has 0 fully saturated rings. The van der Waals surface area contributed by atoms with Crippen molar-refractivity contribution in [2.24, 2.45) is 0 Å². The van der Waals surface area contributed by atoms with E-state index in [0.29, 0.717) is 10.0 Å². The van der Waals surface area contributed by atoms with Gasteiger partial charge in [0.15, 0.2) is 0 Å². The molecule has 1 aromatic carbocycles. The average molecular weight is 218 g/mol. The van der Waals surface area contributed by atoms with Crippen LogP contribution in [0.3, 0.4) is 0 Å². The Bertz CT molecular complexity index is 230. The molecule has 0 spiro atoms. The highest BCUT2D eigenvalue weighted by Crippen LogP contribution is 2.15. The number of ether oxygens (including phenoxy) is 1. The first-order chi connectivity index (χ1) is 5.22. The van der Waals surface area contributed by atoms with Gasteiger partial charge in [-0.1, -0.05) is 15.9 Å². The van der Waals surface area contributed by atoms with Crippen LogP contribution >= 0.6 is 15.9 Å². The summed E-state index contributed by atoms with van der Waals surface area (Å²) in [5, 5.41) is 0. The fraction of sp³-hybridized carbons (Fsp3) is 0.125. The van der Waals surface area contributed by atoms with Crippen molar-refractivity contribution in [1.29, 1.82) is 0 Å². The molecule has 0 aliphatic heterocycles. The summed E-state index contributed by atoms with van der Waals surface area (Å²) >= 11 is 3.17. The van der Waals surface area contributed by atoms with Crippen molar-refractivity contribution < 1.29 is 9.13 Å². The van der Waals surface area contributed by atoms with Crippen LogP contribution in [0, 0.1) is 12.4 Å². The zero-order valence-corrected chi connectivity index (χ0v) is 7.56. The highest BCUT2D eigenvalue weighted by Gasteiger charge is 1.97. The molecule has 1 radical (unpaired) electrons. The van der Waals surface area contributed by atoms with E-state index in [1.165, 1.54) is 25.8 Å². The van der Waals surface area contributed by atoms with Gasteiger partial charge in [0.05, 0.1) is 0 Å². The van der Waals surface area contributed by atoms with Gasteiger partial charge in [-0.05, 0) is 23.8 Å².